The first-order chi connectivity index (χ1) is 14.2. The van der Waals surface area contributed by atoms with Crippen molar-refractivity contribution in [2.24, 2.45) is 0 Å². The van der Waals surface area contributed by atoms with Gasteiger partial charge in [-0.1, -0.05) is 36.4 Å². The molecule has 29 heavy (non-hydrogen) atoms. The van der Waals surface area contributed by atoms with Crippen LogP contribution < -0.4 is 10.6 Å². The van der Waals surface area contributed by atoms with Gasteiger partial charge >= 0.3 is 0 Å². The Bertz CT molecular complexity index is 966. The minimum atomic E-state index is -0.0978. The van der Waals surface area contributed by atoms with Crippen LogP contribution in [0.5, 0.6) is 0 Å². The number of carbonyl (C=O) groups is 2. The predicted molar refractivity (Wildman–Crippen MR) is 114 cm³/mol. The molecule has 3 heterocycles. The fourth-order valence-corrected chi connectivity index (χ4v) is 3.63. The Morgan fingerprint density at radius 3 is 2.86 bits per heavy atom. The molecule has 2 N–H and O–H groups in total. The molecule has 2 amide bonds. The zero-order valence-corrected chi connectivity index (χ0v) is 16.2. The third-order valence-electron chi connectivity index (χ3n) is 5.16. The third-order valence-corrected chi connectivity index (χ3v) is 5.16. The molecule has 0 radical (unpaired) electrons. The SMILES string of the molecule is O=C1CNCc2cc(/C=C/C(=O)N3CCC=C(c4ccccc4)CC3)cnc2N1. The van der Waals surface area contributed by atoms with Crippen LogP contribution in [0, 0.1) is 0 Å². The van der Waals surface area contributed by atoms with Crippen LogP contribution in [0.2, 0.25) is 0 Å². The maximum absolute atomic E-state index is 12.7. The van der Waals surface area contributed by atoms with Crippen molar-refractivity contribution in [1.29, 1.82) is 0 Å². The van der Waals surface area contributed by atoms with E-state index in [-0.39, 0.29) is 18.4 Å². The lowest BCUT2D eigenvalue weighted by Crippen LogP contribution is -2.30. The Morgan fingerprint density at radius 2 is 2.00 bits per heavy atom. The number of fused-ring (bicyclic) bond motifs is 1. The Morgan fingerprint density at radius 1 is 1.14 bits per heavy atom. The topological polar surface area (TPSA) is 74.3 Å². The van der Waals surface area contributed by atoms with E-state index < -0.39 is 0 Å². The monoisotopic (exact) mass is 388 g/mol. The Hall–Kier alpha value is -3.25. The first kappa shape index (κ1) is 19.1. The molecule has 6 nitrogen and oxygen atoms in total. The van der Waals surface area contributed by atoms with Crippen LogP contribution in [-0.2, 0) is 16.1 Å². The summed E-state index contributed by atoms with van der Waals surface area (Å²) in [6, 6.07) is 12.3. The molecule has 0 bridgehead atoms. The molecule has 1 aromatic carbocycles. The third kappa shape index (κ3) is 4.78. The molecule has 0 fully saturated rings. The fourth-order valence-electron chi connectivity index (χ4n) is 3.63. The molecule has 2 aromatic rings. The second kappa shape index (κ2) is 8.84. The van der Waals surface area contributed by atoms with E-state index in [4.69, 9.17) is 0 Å². The first-order valence-electron chi connectivity index (χ1n) is 9.90. The molecule has 1 aromatic heterocycles. The van der Waals surface area contributed by atoms with Crippen molar-refractivity contribution in [2.75, 3.05) is 25.0 Å². The quantitative estimate of drug-likeness (QED) is 0.793. The number of pyridine rings is 1. The number of anilines is 1. The van der Waals surface area contributed by atoms with E-state index in [0.717, 1.165) is 30.5 Å². The smallest absolute Gasteiger partial charge is 0.246 e. The number of nitrogens with one attached hydrogen (secondary N) is 2. The summed E-state index contributed by atoms with van der Waals surface area (Å²) in [7, 11) is 0. The van der Waals surface area contributed by atoms with Crippen molar-refractivity contribution in [1.82, 2.24) is 15.2 Å². The summed E-state index contributed by atoms with van der Waals surface area (Å²) in [4.78, 5) is 30.5. The Kier molecular flexibility index (Phi) is 5.81. The van der Waals surface area contributed by atoms with E-state index in [9.17, 15) is 9.59 Å². The zero-order valence-electron chi connectivity index (χ0n) is 16.2. The van der Waals surface area contributed by atoms with Gasteiger partial charge in [0.05, 0.1) is 6.54 Å². The van der Waals surface area contributed by atoms with E-state index in [1.54, 1.807) is 18.3 Å². The summed E-state index contributed by atoms with van der Waals surface area (Å²) in [5.41, 5.74) is 4.29. The summed E-state index contributed by atoms with van der Waals surface area (Å²) in [5.74, 6) is 0.490. The lowest BCUT2D eigenvalue weighted by Gasteiger charge is -2.18. The summed E-state index contributed by atoms with van der Waals surface area (Å²) < 4.78 is 0. The van der Waals surface area contributed by atoms with Crippen molar-refractivity contribution in [3.63, 3.8) is 0 Å². The van der Waals surface area contributed by atoms with Gasteiger partial charge in [-0.2, -0.15) is 0 Å². The molecule has 2 aliphatic rings. The van der Waals surface area contributed by atoms with E-state index >= 15 is 0 Å². The van der Waals surface area contributed by atoms with Gasteiger partial charge in [-0.3, -0.25) is 9.59 Å². The summed E-state index contributed by atoms with van der Waals surface area (Å²) >= 11 is 0. The second-order valence-electron chi connectivity index (χ2n) is 7.22. The standard InChI is InChI=1S/C23H24N4O2/c28-21-16-24-15-20-13-17(14-25-23(20)26-21)8-9-22(29)27-11-4-7-19(10-12-27)18-5-2-1-3-6-18/h1-3,5-9,13-14,24H,4,10-12,15-16H2,(H,25,26,28)/b9-8+. The molecule has 148 valence electrons. The van der Waals surface area contributed by atoms with Crippen LogP contribution in [0.1, 0.15) is 29.5 Å². The summed E-state index contributed by atoms with van der Waals surface area (Å²) in [5, 5.41) is 5.84. The van der Waals surface area contributed by atoms with Gasteiger partial charge in [-0.15, -0.1) is 0 Å². The highest BCUT2D eigenvalue weighted by Crippen LogP contribution is 2.22. The molecular formula is C23H24N4O2. The lowest BCUT2D eigenvalue weighted by atomic mass is 10.0. The number of carbonyl (C=O) groups excluding carboxylic acids is 2. The molecule has 0 atom stereocenters. The molecule has 4 rings (SSSR count). The minimum absolute atomic E-state index is 0.00841. The number of benzene rings is 1. The molecule has 0 unspecified atom stereocenters. The van der Waals surface area contributed by atoms with Crippen molar-refractivity contribution in [3.8, 4) is 0 Å². The Labute approximate surface area is 170 Å². The van der Waals surface area contributed by atoms with E-state index in [0.29, 0.717) is 18.9 Å². The van der Waals surface area contributed by atoms with Crippen LogP contribution in [-0.4, -0.2) is 41.3 Å². The van der Waals surface area contributed by atoms with Gasteiger partial charge in [0.15, 0.2) is 0 Å². The molecule has 0 saturated carbocycles. The van der Waals surface area contributed by atoms with Gasteiger partial charge < -0.3 is 15.5 Å². The summed E-state index contributed by atoms with van der Waals surface area (Å²) in [6.45, 7) is 2.27. The maximum atomic E-state index is 12.7. The largest absolute Gasteiger partial charge is 0.339 e. The van der Waals surface area contributed by atoms with Crippen molar-refractivity contribution < 1.29 is 9.59 Å². The first-order valence-corrected chi connectivity index (χ1v) is 9.90. The van der Waals surface area contributed by atoms with Crippen LogP contribution in [0.25, 0.3) is 11.6 Å². The van der Waals surface area contributed by atoms with E-state index in [1.807, 2.05) is 29.2 Å². The molecular weight excluding hydrogens is 364 g/mol. The van der Waals surface area contributed by atoms with Gasteiger partial charge in [0.25, 0.3) is 0 Å². The minimum Gasteiger partial charge on any atom is -0.339 e. The maximum Gasteiger partial charge on any atom is 0.246 e. The van der Waals surface area contributed by atoms with Gasteiger partial charge in [-0.05, 0) is 41.7 Å². The van der Waals surface area contributed by atoms with E-state index in [1.165, 1.54) is 11.1 Å². The normalized spacial score (nSPS) is 17.2. The summed E-state index contributed by atoms with van der Waals surface area (Å²) in [6.07, 6.45) is 9.03. The zero-order chi connectivity index (χ0) is 20.1. The lowest BCUT2D eigenvalue weighted by molar-refractivity contribution is -0.125. The van der Waals surface area contributed by atoms with Crippen LogP contribution >= 0.6 is 0 Å². The van der Waals surface area contributed by atoms with Gasteiger partial charge in [0.2, 0.25) is 11.8 Å². The average Bonchev–Trinajstić information content (AvgIpc) is 3.10. The Balaban J connectivity index is 1.39. The van der Waals surface area contributed by atoms with Gasteiger partial charge in [-0.25, -0.2) is 4.98 Å². The van der Waals surface area contributed by atoms with Crippen LogP contribution in [0.3, 0.4) is 0 Å². The number of nitrogens with zero attached hydrogens (tertiary/aromatic N) is 2. The number of hydrogen-bond donors (Lipinski definition) is 2. The molecule has 0 aliphatic carbocycles. The fraction of sp³-hybridized carbons (Fsp3) is 0.261. The van der Waals surface area contributed by atoms with Crippen molar-refractivity contribution in [3.05, 3.63) is 71.4 Å². The van der Waals surface area contributed by atoms with E-state index in [2.05, 4.69) is 33.8 Å². The number of rotatable bonds is 3. The number of amides is 2. The molecule has 0 spiro atoms. The molecule has 6 heteroatoms. The van der Waals surface area contributed by atoms with Gasteiger partial charge in [0, 0.05) is 37.5 Å². The number of hydrogen-bond acceptors (Lipinski definition) is 4. The highest BCUT2D eigenvalue weighted by atomic mass is 16.2. The van der Waals surface area contributed by atoms with Crippen LogP contribution in [0.15, 0.2) is 54.7 Å². The molecule has 2 aliphatic heterocycles. The second-order valence-corrected chi connectivity index (χ2v) is 7.22. The number of aromatic nitrogens is 1. The van der Waals surface area contributed by atoms with Crippen LogP contribution in [0.4, 0.5) is 5.82 Å². The average molecular weight is 388 g/mol. The van der Waals surface area contributed by atoms with Gasteiger partial charge in [0.1, 0.15) is 5.82 Å². The highest BCUT2D eigenvalue weighted by molar-refractivity contribution is 5.93. The van der Waals surface area contributed by atoms with Crippen molar-refractivity contribution >= 4 is 29.3 Å². The molecule has 0 saturated heterocycles. The highest BCUT2D eigenvalue weighted by Gasteiger charge is 2.16. The van der Waals surface area contributed by atoms with Crippen molar-refractivity contribution in [2.45, 2.75) is 19.4 Å². The predicted octanol–water partition coefficient (Wildman–Crippen LogP) is 2.84.